The Labute approximate surface area is 261 Å². The maximum absolute atomic E-state index is 12.3. The summed E-state index contributed by atoms with van der Waals surface area (Å²) in [5, 5.41) is 24.0. The van der Waals surface area contributed by atoms with Crippen molar-refractivity contribution in [2.45, 2.75) is 31.8 Å². The molecule has 2 rings (SSSR count). The number of aliphatic imine (C=N–C) groups is 1. The number of aromatic hydroxyl groups is 1. The molecule has 0 spiro atoms. The molecule has 0 unspecified atom stereocenters. The number of hydrogen-bond donors (Lipinski definition) is 3. The number of nitrogens with zero attached hydrogens (tertiary/aromatic N) is 5. The number of carbonyl (C=O) groups is 1. The quantitative estimate of drug-likeness (QED) is 0.0979. The summed E-state index contributed by atoms with van der Waals surface area (Å²) in [5.74, 6) is 0.241. The minimum atomic E-state index is -0.225. The first-order chi connectivity index (χ1) is 21.5. The molecule has 1 atom stereocenters. The van der Waals surface area contributed by atoms with Crippen LogP contribution in [0.4, 0.5) is 4.79 Å². The van der Waals surface area contributed by atoms with Crippen molar-refractivity contribution in [1.82, 2.24) is 30.5 Å². The first kappa shape index (κ1) is 37.0. The third-order valence-corrected chi connectivity index (χ3v) is 6.42. The standard InChI is InChI=1S/C30H51N7O7/c1-31-10-4-13-40-15-17-42-19-21-44-22-20-43-18-16-41-14-12-37-34-24-27(35-37)9-11-32-30(39)33-25-28(36(2)3)23-26-5-7-29(38)8-6-26/h5-8,24,28,38H,1,4,9-23,25H2,2-3H3,(H2,32,33,39)/t28-/m0/s1. The van der Waals surface area contributed by atoms with Gasteiger partial charge in [-0.2, -0.15) is 15.0 Å². The molecule has 1 aromatic carbocycles. The van der Waals surface area contributed by atoms with Gasteiger partial charge in [-0.05, 0) is 51.4 Å². The fourth-order valence-corrected chi connectivity index (χ4v) is 3.88. The number of aromatic nitrogens is 3. The number of benzene rings is 1. The number of nitrogens with one attached hydrogen (secondary N) is 2. The molecular formula is C30H51N7O7. The third kappa shape index (κ3) is 18.5. The van der Waals surface area contributed by atoms with Crippen molar-refractivity contribution in [2.75, 3.05) is 99.8 Å². The van der Waals surface area contributed by atoms with Gasteiger partial charge in [0, 0.05) is 38.7 Å². The van der Waals surface area contributed by atoms with E-state index >= 15 is 0 Å². The summed E-state index contributed by atoms with van der Waals surface area (Å²) >= 11 is 0. The van der Waals surface area contributed by atoms with E-state index in [4.69, 9.17) is 23.7 Å². The SMILES string of the molecule is C=NCCCOCCOCCOCCOCCOCCn1ncc(CCNC(=O)NC[C@H](Cc2ccc(O)cc2)N(C)C)n1. The van der Waals surface area contributed by atoms with Gasteiger partial charge in [0.25, 0.3) is 0 Å². The first-order valence-electron chi connectivity index (χ1n) is 15.1. The average molecular weight is 622 g/mol. The van der Waals surface area contributed by atoms with Crippen LogP contribution in [0.1, 0.15) is 17.7 Å². The van der Waals surface area contributed by atoms with Crippen LogP contribution < -0.4 is 10.6 Å². The Bertz CT molecular complexity index is 1010. The molecule has 44 heavy (non-hydrogen) atoms. The number of urea groups is 1. The van der Waals surface area contributed by atoms with Crippen molar-refractivity contribution in [3.8, 4) is 5.75 Å². The smallest absolute Gasteiger partial charge is 0.314 e. The number of likely N-dealkylation sites (N-methyl/N-ethyl adjacent to an activating group) is 1. The van der Waals surface area contributed by atoms with Crippen LogP contribution in [-0.2, 0) is 43.1 Å². The van der Waals surface area contributed by atoms with Crippen molar-refractivity contribution in [2.24, 2.45) is 4.99 Å². The van der Waals surface area contributed by atoms with E-state index in [2.05, 4.69) is 37.4 Å². The van der Waals surface area contributed by atoms with Gasteiger partial charge in [-0.25, -0.2) is 4.79 Å². The molecule has 14 heteroatoms. The molecule has 0 bridgehead atoms. The fourth-order valence-electron chi connectivity index (χ4n) is 3.88. The lowest BCUT2D eigenvalue weighted by atomic mass is 10.1. The molecule has 0 radical (unpaired) electrons. The highest BCUT2D eigenvalue weighted by atomic mass is 16.6. The summed E-state index contributed by atoms with van der Waals surface area (Å²) < 4.78 is 27.4. The van der Waals surface area contributed by atoms with Gasteiger partial charge < -0.3 is 49.3 Å². The summed E-state index contributed by atoms with van der Waals surface area (Å²) in [4.78, 5) is 19.7. The van der Waals surface area contributed by atoms with Crippen LogP contribution in [0.2, 0.25) is 0 Å². The van der Waals surface area contributed by atoms with Gasteiger partial charge in [0.1, 0.15) is 5.75 Å². The van der Waals surface area contributed by atoms with Crippen LogP contribution in [0.3, 0.4) is 0 Å². The molecule has 1 aromatic heterocycles. The molecule has 1 heterocycles. The Morgan fingerprint density at radius 2 is 1.52 bits per heavy atom. The monoisotopic (exact) mass is 621 g/mol. The van der Waals surface area contributed by atoms with Gasteiger partial charge in [0.15, 0.2) is 0 Å². The molecule has 0 saturated carbocycles. The minimum absolute atomic E-state index is 0.121. The van der Waals surface area contributed by atoms with E-state index in [-0.39, 0.29) is 17.8 Å². The van der Waals surface area contributed by atoms with Crippen LogP contribution in [0, 0.1) is 0 Å². The summed E-state index contributed by atoms with van der Waals surface area (Å²) in [6.45, 7) is 10.9. The largest absolute Gasteiger partial charge is 0.508 e. The van der Waals surface area contributed by atoms with Crippen LogP contribution in [-0.4, -0.2) is 144 Å². The topological polar surface area (TPSA) is 154 Å². The Balaban J connectivity index is 1.41. The van der Waals surface area contributed by atoms with E-state index in [0.29, 0.717) is 92.1 Å². The Morgan fingerprint density at radius 3 is 2.11 bits per heavy atom. The molecule has 2 amide bonds. The average Bonchev–Trinajstić information content (AvgIpc) is 3.46. The summed E-state index contributed by atoms with van der Waals surface area (Å²) in [7, 11) is 3.96. The van der Waals surface area contributed by atoms with Gasteiger partial charge in [-0.3, -0.25) is 0 Å². The van der Waals surface area contributed by atoms with Crippen molar-refractivity contribution in [3.63, 3.8) is 0 Å². The zero-order chi connectivity index (χ0) is 31.7. The van der Waals surface area contributed by atoms with Crippen LogP contribution in [0.15, 0.2) is 35.5 Å². The van der Waals surface area contributed by atoms with E-state index in [1.807, 2.05) is 26.2 Å². The number of amides is 2. The highest BCUT2D eigenvalue weighted by Gasteiger charge is 2.14. The second-order valence-electron chi connectivity index (χ2n) is 10.2. The van der Waals surface area contributed by atoms with Gasteiger partial charge in [0.05, 0.1) is 77.9 Å². The second kappa shape index (κ2) is 24.2. The maximum Gasteiger partial charge on any atom is 0.314 e. The summed E-state index contributed by atoms with van der Waals surface area (Å²) in [5.41, 5.74) is 1.89. The molecule has 3 N–H and O–H groups in total. The normalized spacial score (nSPS) is 12.0. The number of ether oxygens (including phenoxy) is 5. The predicted molar refractivity (Wildman–Crippen MR) is 168 cm³/mol. The lowest BCUT2D eigenvalue weighted by Crippen LogP contribution is -2.45. The number of phenols is 1. The van der Waals surface area contributed by atoms with Crippen molar-refractivity contribution < 1.29 is 33.6 Å². The molecule has 0 aliphatic rings. The zero-order valence-corrected chi connectivity index (χ0v) is 26.3. The minimum Gasteiger partial charge on any atom is -0.508 e. The third-order valence-electron chi connectivity index (χ3n) is 6.42. The van der Waals surface area contributed by atoms with E-state index in [1.54, 1.807) is 23.1 Å². The van der Waals surface area contributed by atoms with Gasteiger partial charge in [-0.1, -0.05) is 12.1 Å². The van der Waals surface area contributed by atoms with Gasteiger partial charge in [-0.15, -0.1) is 0 Å². The van der Waals surface area contributed by atoms with Gasteiger partial charge in [0.2, 0.25) is 0 Å². The molecule has 14 nitrogen and oxygen atoms in total. The molecule has 0 saturated heterocycles. The van der Waals surface area contributed by atoms with E-state index in [0.717, 1.165) is 30.6 Å². The molecular weight excluding hydrogens is 570 g/mol. The number of phenolic OH excluding ortho intramolecular Hbond substituents is 1. The van der Waals surface area contributed by atoms with Gasteiger partial charge >= 0.3 is 6.03 Å². The summed E-state index contributed by atoms with van der Waals surface area (Å²) in [6.07, 6.45) is 3.91. The van der Waals surface area contributed by atoms with E-state index in [9.17, 15) is 9.90 Å². The Kier molecular flexibility index (Phi) is 20.4. The maximum atomic E-state index is 12.3. The number of rotatable bonds is 27. The lowest BCUT2D eigenvalue weighted by Gasteiger charge is -2.25. The molecule has 248 valence electrons. The number of hydrogen-bond acceptors (Lipinski definition) is 11. The van der Waals surface area contributed by atoms with Crippen LogP contribution in [0.5, 0.6) is 5.75 Å². The highest BCUT2D eigenvalue weighted by molar-refractivity contribution is 5.73. The molecule has 0 fully saturated rings. The lowest BCUT2D eigenvalue weighted by molar-refractivity contribution is -0.0117. The zero-order valence-electron chi connectivity index (χ0n) is 26.3. The highest BCUT2D eigenvalue weighted by Crippen LogP contribution is 2.12. The molecule has 0 aliphatic heterocycles. The Morgan fingerprint density at radius 1 is 0.932 bits per heavy atom. The fraction of sp³-hybridized carbons (Fsp3) is 0.667. The second-order valence-corrected chi connectivity index (χ2v) is 10.2. The molecule has 2 aromatic rings. The summed E-state index contributed by atoms with van der Waals surface area (Å²) in [6, 6.07) is 7.02. The van der Waals surface area contributed by atoms with Crippen molar-refractivity contribution in [3.05, 3.63) is 41.7 Å². The van der Waals surface area contributed by atoms with E-state index in [1.165, 1.54) is 0 Å². The van der Waals surface area contributed by atoms with Crippen LogP contribution in [0.25, 0.3) is 0 Å². The number of carbonyl (C=O) groups excluding carboxylic acids is 1. The molecule has 0 aliphatic carbocycles. The van der Waals surface area contributed by atoms with E-state index < -0.39 is 0 Å². The first-order valence-corrected chi connectivity index (χ1v) is 15.1. The van der Waals surface area contributed by atoms with Crippen molar-refractivity contribution in [1.29, 1.82) is 0 Å². The Hall–Kier alpha value is -3.14. The predicted octanol–water partition coefficient (Wildman–Crippen LogP) is 1.17. The van der Waals surface area contributed by atoms with Crippen molar-refractivity contribution >= 4 is 12.7 Å². The van der Waals surface area contributed by atoms with Crippen LogP contribution >= 0.6 is 0 Å².